The van der Waals surface area contributed by atoms with Gasteiger partial charge in [0.05, 0.1) is 0 Å². The Morgan fingerprint density at radius 2 is 1.43 bits per heavy atom. The molecule has 0 saturated heterocycles. The van der Waals surface area contributed by atoms with E-state index in [0.717, 1.165) is 0 Å². The van der Waals surface area contributed by atoms with E-state index in [-0.39, 0.29) is 7.43 Å². The van der Waals surface area contributed by atoms with Gasteiger partial charge >= 0.3 is 7.43 Å². The monoisotopic (exact) mass is 91.0 g/mol. The number of nitrogens with zero attached hydrogens (tertiary/aromatic N) is 1. The van der Waals surface area contributed by atoms with E-state index in [1.165, 1.54) is 0 Å². The van der Waals surface area contributed by atoms with E-state index in [0.29, 0.717) is 0 Å². The van der Waals surface area contributed by atoms with Crippen molar-refractivity contribution in [2.45, 2.75) is 0 Å². The van der Waals surface area contributed by atoms with Crippen molar-refractivity contribution < 1.29 is 0 Å². The van der Waals surface area contributed by atoms with Crippen LogP contribution in [0.25, 0.3) is 0 Å². The van der Waals surface area contributed by atoms with Crippen LogP contribution in [0, 0.1) is 7.43 Å². The van der Waals surface area contributed by atoms with Gasteiger partial charge in [-0.05, 0) is 12.1 Å². The molecule has 0 aromatic carbocycles. The number of hydrogen-bond donors (Lipinski definition) is 0. The zero-order valence-electron chi connectivity index (χ0n) is 3.83. The smallest absolute Gasteiger partial charge is 0.265 e. The van der Waals surface area contributed by atoms with Crippen LogP contribution in [0.4, 0.5) is 0 Å². The maximum absolute atomic E-state index is 3.78. The Morgan fingerprint density at radius 1 is 0.857 bits per heavy atom. The first-order valence-electron chi connectivity index (χ1n) is 1.85. The molecular weight excluding hydrogens is 86.1 g/mol. The summed E-state index contributed by atoms with van der Waals surface area (Å²) in [4.78, 5) is 3.78. The molecule has 1 rings (SSSR count). The summed E-state index contributed by atoms with van der Waals surface area (Å²) in [6.07, 6.45) is 3.50. The molecule has 7 heavy (non-hydrogen) atoms. The predicted octanol–water partition coefficient (Wildman–Crippen LogP) is 1.16. The van der Waals surface area contributed by atoms with Crippen molar-refractivity contribution in [3.8, 4) is 0 Å². The van der Waals surface area contributed by atoms with Gasteiger partial charge < -0.3 is 0 Å². The van der Waals surface area contributed by atoms with Gasteiger partial charge in [-0.25, -0.2) is 0 Å². The quantitative estimate of drug-likeness (QED) is 0.467. The maximum Gasteiger partial charge on any atom is 4.00 e. The van der Waals surface area contributed by atoms with Crippen LogP contribution < -0.4 is 0 Å². The van der Waals surface area contributed by atoms with E-state index in [9.17, 15) is 0 Å². The van der Waals surface area contributed by atoms with Crippen LogP contribution in [0.3, 0.4) is 0 Å². The molecule has 0 radical (unpaired) electrons. The van der Waals surface area contributed by atoms with Crippen LogP contribution in [-0.4, -0.2) is 4.98 Å². The van der Waals surface area contributed by atoms with Crippen LogP contribution in [0.15, 0.2) is 30.6 Å². The zero-order chi connectivity index (χ0) is 4.24. The molecule has 0 aliphatic carbocycles. The van der Waals surface area contributed by atoms with Crippen LogP contribution >= 0.6 is 0 Å². The van der Waals surface area contributed by atoms with Crippen molar-refractivity contribution in [2.24, 2.45) is 0 Å². The normalized spacial score (nSPS) is 6.86. The fourth-order valence-corrected chi connectivity index (χ4v) is 0.313. The summed E-state index contributed by atoms with van der Waals surface area (Å²) < 4.78 is 0. The van der Waals surface area contributed by atoms with Gasteiger partial charge in [-0.3, -0.25) is 4.98 Å². The minimum absolute atomic E-state index is 0. The zero-order valence-corrected chi connectivity index (χ0v) is 3.83. The summed E-state index contributed by atoms with van der Waals surface area (Å²) in [5.41, 5.74) is 0. The second kappa shape index (κ2) is 3.34. The first-order chi connectivity index (χ1) is 3.00. The third-order valence-electron chi connectivity index (χ3n) is 0.566. The van der Waals surface area contributed by atoms with E-state index in [1.807, 2.05) is 18.2 Å². The van der Waals surface area contributed by atoms with Gasteiger partial charge in [-0.1, -0.05) is 6.07 Å². The fourth-order valence-electron chi connectivity index (χ4n) is 0.313. The van der Waals surface area contributed by atoms with Gasteiger partial charge in [0.1, 0.15) is 0 Å². The molecule has 0 spiro atoms. The summed E-state index contributed by atoms with van der Waals surface area (Å²) in [5, 5.41) is 0. The van der Waals surface area contributed by atoms with E-state index in [1.54, 1.807) is 12.4 Å². The Balaban J connectivity index is 0.000000360. The molecule has 0 saturated carbocycles. The summed E-state index contributed by atoms with van der Waals surface area (Å²) >= 11 is 0. The van der Waals surface area contributed by atoms with Gasteiger partial charge in [-0.15, -0.1) is 0 Å². The van der Waals surface area contributed by atoms with Crippen molar-refractivity contribution in [2.75, 3.05) is 0 Å². The minimum Gasteiger partial charge on any atom is -0.265 e. The molecule has 0 unspecified atom stereocenters. The van der Waals surface area contributed by atoms with Crippen molar-refractivity contribution in [1.29, 1.82) is 0 Å². The van der Waals surface area contributed by atoms with E-state index in [4.69, 9.17) is 0 Å². The molecule has 0 N–H and O–H groups in total. The minimum atomic E-state index is 0. The van der Waals surface area contributed by atoms with Crippen LogP contribution in [0.1, 0.15) is 0 Å². The topological polar surface area (TPSA) is 12.9 Å². The van der Waals surface area contributed by atoms with Crippen molar-refractivity contribution in [3.63, 3.8) is 0 Å². The molecule has 1 heteroatoms. The van der Waals surface area contributed by atoms with Gasteiger partial charge in [0, 0.05) is 12.4 Å². The van der Waals surface area contributed by atoms with Crippen LogP contribution in [0.2, 0.25) is 0 Å². The first-order valence-corrected chi connectivity index (χ1v) is 1.85. The van der Waals surface area contributed by atoms with E-state index >= 15 is 0 Å². The molecule has 0 atom stereocenters. The number of aromatic nitrogens is 1. The van der Waals surface area contributed by atoms with Crippen LogP contribution in [-0.2, 0) is 0 Å². The molecule has 1 aromatic rings. The second-order valence-electron chi connectivity index (χ2n) is 1.02. The van der Waals surface area contributed by atoms with Crippen molar-refractivity contribution in [1.82, 2.24) is 4.98 Å². The van der Waals surface area contributed by atoms with E-state index < -0.39 is 0 Å². The summed E-state index contributed by atoms with van der Waals surface area (Å²) in [6.45, 7) is 0. The largest absolute Gasteiger partial charge is 4.00 e. The number of rotatable bonds is 0. The fraction of sp³-hybridized carbons (Fsp3) is 0. The van der Waals surface area contributed by atoms with Gasteiger partial charge in [0.2, 0.25) is 0 Å². The molecule has 0 amide bonds. The summed E-state index contributed by atoms with van der Waals surface area (Å²) in [6, 6.07) is 5.72. The Hall–Kier alpha value is -0.850. The van der Waals surface area contributed by atoms with Gasteiger partial charge in [-0.2, -0.15) is 0 Å². The molecular formula is C6H5N+4. The molecule has 0 aliphatic rings. The van der Waals surface area contributed by atoms with Crippen molar-refractivity contribution >= 4 is 0 Å². The summed E-state index contributed by atoms with van der Waals surface area (Å²) in [7, 11) is 0. The molecule has 0 bridgehead atoms. The predicted molar refractivity (Wildman–Crippen MR) is 27.5 cm³/mol. The Bertz CT molecular complexity index is 76.1. The molecule has 1 aromatic heterocycles. The third kappa shape index (κ3) is 1.93. The molecule has 1 heterocycles. The standard InChI is InChI=1S/C5H5N.C/c1-2-4-6-5-3-1;/h1-5H;/q;+4. The molecule has 0 aliphatic heterocycles. The van der Waals surface area contributed by atoms with Gasteiger partial charge in [0.25, 0.3) is 0 Å². The Labute approximate surface area is 44.0 Å². The SMILES string of the molecule is [C+4].c1ccncc1. The Morgan fingerprint density at radius 3 is 1.57 bits per heavy atom. The maximum atomic E-state index is 3.78. The van der Waals surface area contributed by atoms with E-state index in [2.05, 4.69) is 4.98 Å². The first kappa shape index (κ1) is 6.15. The summed E-state index contributed by atoms with van der Waals surface area (Å²) in [5.74, 6) is 0. The van der Waals surface area contributed by atoms with Crippen LogP contribution in [0.5, 0.6) is 0 Å². The average Bonchev–Trinajstić information content (AvgIpc) is 1.72. The molecule has 30 valence electrons. The van der Waals surface area contributed by atoms with Gasteiger partial charge in [0.15, 0.2) is 0 Å². The second-order valence-corrected chi connectivity index (χ2v) is 1.02. The van der Waals surface area contributed by atoms with Crippen molar-refractivity contribution in [3.05, 3.63) is 38.0 Å². The molecule has 1 nitrogen and oxygen atoms in total. The average molecular weight is 91.1 g/mol. The molecule has 0 fully saturated rings. The number of pyridine rings is 1. The number of hydrogen-bond acceptors (Lipinski definition) is 1. The Kier molecular flexibility index (Phi) is 2.94. The third-order valence-corrected chi connectivity index (χ3v) is 0.566.